The SMILES string of the molecule is COC(=O)CC(N)Cc1ccc2c(c1)N(C)C(=O)C(C)O2. The Hall–Kier alpha value is -2.08. The van der Waals surface area contributed by atoms with E-state index in [4.69, 9.17) is 10.5 Å². The number of carbonyl (C=O) groups is 2. The summed E-state index contributed by atoms with van der Waals surface area (Å²) in [5.74, 6) is 0.262. The van der Waals surface area contributed by atoms with E-state index in [0.29, 0.717) is 12.2 Å². The van der Waals surface area contributed by atoms with Crippen LogP contribution in [0.5, 0.6) is 5.75 Å². The van der Waals surface area contributed by atoms with Gasteiger partial charge in [0.05, 0.1) is 19.2 Å². The lowest BCUT2D eigenvalue weighted by Crippen LogP contribution is -2.42. The van der Waals surface area contributed by atoms with Crippen LogP contribution in [0.2, 0.25) is 0 Å². The topological polar surface area (TPSA) is 81.9 Å². The van der Waals surface area contributed by atoms with Crippen molar-refractivity contribution < 1.29 is 19.1 Å². The minimum absolute atomic E-state index is 0.0847. The highest BCUT2D eigenvalue weighted by atomic mass is 16.5. The van der Waals surface area contributed by atoms with Gasteiger partial charge in [-0.25, -0.2) is 0 Å². The molecule has 1 aromatic carbocycles. The fourth-order valence-corrected chi connectivity index (χ4v) is 2.36. The highest BCUT2D eigenvalue weighted by Gasteiger charge is 2.29. The summed E-state index contributed by atoms with van der Waals surface area (Å²) in [6.45, 7) is 1.72. The summed E-state index contributed by atoms with van der Waals surface area (Å²) >= 11 is 0. The Morgan fingerprint density at radius 2 is 2.24 bits per heavy atom. The van der Waals surface area contributed by atoms with Gasteiger partial charge in [-0.3, -0.25) is 9.59 Å². The van der Waals surface area contributed by atoms with Crippen LogP contribution in [0.4, 0.5) is 5.69 Å². The van der Waals surface area contributed by atoms with E-state index in [9.17, 15) is 9.59 Å². The van der Waals surface area contributed by atoms with Crippen LogP contribution in [0.15, 0.2) is 18.2 Å². The number of anilines is 1. The first-order valence-corrected chi connectivity index (χ1v) is 6.82. The Morgan fingerprint density at radius 3 is 2.90 bits per heavy atom. The number of nitrogens with two attached hydrogens (primary N) is 1. The molecule has 1 aliphatic heterocycles. The number of hydrogen-bond acceptors (Lipinski definition) is 5. The number of hydrogen-bond donors (Lipinski definition) is 1. The van der Waals surface area contributed by atoms with Crippen molar-refractivity contribution in [3.8, 4) is 5.75 Å². The van der Waals surface area contributed by atoms with Gasteiger partial charge in [-0.1, -0.05) is 6.07 Å². The molecule has 0 aromatic heterocycles. The minimum Gasteiger partial charge on any atom is -0.479 e. The molecular formula is C15H20N2O4. The van der Waals surface area contributed by atoms with E-state index in [2.05, 4.69) is 4.74 Å². The van der Waals surface area contributed by atoms with E-state index in [-0.39, 0.29) is 24.3 Å². The fraction of sp³-hybridized carbons (Fsp3) is 0.467. The molecule has 0 aliphatic carbocycles. The number of methoxy groups -OCH3 is 1. The average molecular weight is 292 g/mol. The number of esters is 1. The zero-order valence-electron chi connectivity index (χ0n) is 12.5. The maximum absolute atomic E-state index is 11.9. The molecule has 2 rings (SSSR count). The summed E-state index contributed by atoms with van der Waals surface area (Å²) in [6, 6.07) is 5.28. The van der Waals surface area contributed by atoms with Crippen LogP contribution in [-0.2, 0) is 20.7 Å². The Labute approximate surface area is 123 Å². The van der Waals surface area contributed by atoms with Gasteiger partial charge in [-0.15, -0.1) is 0 Å². The van der Waals surface area contributed by atoms with Crippen LogP contribution in [0.1, 0.15) is 18.9 Å². The normalized spacial score (nSPS) is 18.8. The van der Waals surface area contributed by atoms with Gasteiger partial charge in [0.1, 0.15) is 5.75 Å². The number of rotatable bonds is 4. The third-order valence-electron chi connectivity index (χ3n) is 3.52. The van der Waals surface area contributed by atoms with E-state index in [1.165, 1.54) is 7.11 Å². The Balaban J connectivity index is 2.14. The second-order valence-corrected chi connectivity index (χ2v) is 5.20. The van der Waals surface area contributed by atoms with Gasteiger partial charge in [-0.05, 0) is 31.0 Å². The van der Waals surface area contributed by atoms with Crippen molar-refractivity contribution in [3.05, 3.63) is 23.8 Å². The largest absolute Gasteiger partial charge is 0.479 e. The second-order valence-electron chi connectivity index (χ2n) is 5.20. The van der Waals surface area contributed by atoms with Crippen LogP contribution < -0.4 is 15.4 Å². The lowest BCUT2D eigenvalue weighted by molar-refractivity contribution is -0.141. The zero-order valence-corrected chi connectivity index (χ0v) is 12.5. The van der Waals surface area contributed by atoms with Crippen LogP contribution in [-0.4, -0.2) is 38.2 Å². The second kappa shape index (κ2) is 6.13. The van der Waals surface area contributed by atoms with Gasteiger partial charge in [0, 0.05) is 13.1 Å². The summed E-state index contributed by atoms with van der Waals surface area (Å²) in [5, 5.41) is 0. The number of likely N-dealkylation sites (N-methyl/N-ethyl adjacent to an activating group) is 1. The molecule has 2 N–H and O–H groups in total. The van der Waals surface area contributed by atoms with E-state index < -0.39 is 6.10 Å². The fourth-order valence-electron chi connectivity index (χ4n) is 2.36. The van der Waals surface area contributed by atoms with E-state index in [1.807, 2.05) is 18.2 Å². The Kier molecular flexibility index (Phi) is 4.47. The molecule has 0 fully saturated rings. The number of benzene rings is 1. The van der Waals surface area contributed by atoms with Crippen molar-refractivity contribution in [1.29, 1.82) is 0 Å². The lowest BCUT2D eigenvalue weighted by atomic mass is 10.0. The molecule has 1 amide bonds. The Morgan fingerprint density at radius 1 is 1.52 bits per heavy atom. The molecule has 1 aliphatic rings. The van der Waals surface area contributed by atoms with Crippen molar-refractivity contribution in [3.63, 3.8) is 0 Å². The molecule has 6 heteroatoms. The van der Waals surface area contributed by atoms with Gasteiger partial charge in [0.15, 0.2) is 6.10 Å². The molecule has 0 bridgehead atoms. The van der Waals surface area contributed by atoms with Gasteiger partial charge < -0.3 is 20.1 Å². The van der Waals surface area contributed by atoms with Gasteiger partial charge in [-0.2, -0.15) is 0 Å². The molecule has 6 nitrogen and oxygen atoms in total. The van der Waals surface area contributed by atoms with E-state index in [1.54, 1.807) is 18.9 Å². The third kappa shape index (κ3) is 3.33. The molecule has 0 radical (unpaired) electrons. The summed E-state index contributed by atoms with van der Waals surface area (Å²) in [4.78, 5) is 24.7. The summed E-state index contributed by atoms with van der Waals surface area (Å²) in [7, 11) is 3.06. The predicted molar refractivity (Wildman–Crippen MR) is 78.3 cm³/mol. The first-order valence-electron chi connectivity index (χ1n) is 6.82. The first kappa shape index (κ1) is 15.3. The maximum Gasteiger partial charge on any atom is 0.307 e. The van der Waals surface area contributed by atoms with Crippen molar-refractivity contribution in [2.24, 2.45) is 5.73 Å². The predicted octanol–water partition coefficient (Wildman–Crippen LogP) is 0.863. The quantitative estimate of drug-likeness (QED) is 0.832. The first-order chi connectivity index (χ1) is 9.92. The molecule has 0 spiro atoms. The number of fused-ring (bicyclic) bond motifs is 1. The van der Waals surface area contributed by atoms with Crippen LogP contribution in [0, 0.1) is 0 Å². The smallest absolute Gasteiger partial charge is 0.307 e. The van der Waals surface area contributed by atoms with Gasteiger partial charge in [0.2, 0.25) is 0 Å². The molecule has 0 saturated heterocycles. The molecule has 2 unspecified atom stereocenters. The van der Waals surface area contributed by atoms with Crippen LogP contribution in [0.3, 0.4) is 0 Å². The third-order valence-corrected chi connectivity index (χ3v) is 3.52. The number of carbonyl (C=O) groups excluding carboxylic acids is 2. The molecule has 21 heavy (non-hydrogen) atoms. The Bertz CT molecular complexity index is 559. The lowest BCUT2D eigenvalue weighted by Gasteiger charge is -2.30. The van der Waals surface area contributed by atoms with Crippen LogP contribution in [0.25, 0.3) is 0 Å². The highest BCUT2D eigenvalue weighted by molar-refractivity contribution is 5.99. The zero-order chi connectivity index (χ0) is 15.6. The molecule has 1 heterocycles. The maximum atomic E-state index is 11.9. The summed E-state index contributed by atoms with van der Waals surface area (Å²) < 4.78 is 10.2. The van der Waals surface area contributed by atoms with Gasteiger partial charge in [0.25, 0.3) is 5.91 Å². The average Bonchev–Trinajstić information content (AvgIpc) is 2.45. The van der Waals surface area contributed by atoms with Crippen molar-refractivity contribution >= 4 is 17.6 Å². The van der Waals surface area contributed by atoms with Crippen LogP contribution >= 0.6 is 0 Å². The van der Waals surface area contributed by atoms with E-state index in [0.717, 1.165) is 11.3 Å². The molecule has 114 valence electrons. The van der Waals surface area contributed by atoms with Crippen molar-refractivity contribution in [1.82, 2.24) is 0 Å². The molecule has 2 atom stereocenters. The summed E-state index contributed by atoms with van der Waals surface area (Å²) in [5.41, 5.74) is 7.60. The molecule has 1 aromatic rings. The highest BCUT2D eigenvalue weighted by Crippen LogP contribution is 2.34. The number of nitrogens with zero attached hydrogens (tertiary/aromatic N) is 1. The molecular weight excluding hydrogens is 272 g/mol. The van der Waals surface area contributed by atoms with Crippen molar-refractivity contribution in [2.75, 3.05) is 19.1 Å². The summed E-state index contributed by atoms with van der Waals surface area (Å²) in [6.07, 6.45) is 0.213. The van der Waals surface area contributed by atoms with Gasteiger partial charge >= 0.3 is 5.97 Å². The number of amides is 1. The van der Waals surface area contributed by atoms with Crippen molar-refractivity contribution in [2.45, 2.75) is 31.9 Å². The van der Waals surface area contributed by atoms with E-state index >= 15 is 0 Å². The standard InChI is InChI=1S/C15H20N2O4/c1-9-15(19)17(2)12-7-10(4-5-13(12)21-9)6-11(16)8-14(18)20-3/h4-5,7,9,11H,6,8,16H2,1-3H3. The molecule has 0 saturated carbocycles. The minimum atomic E-state index is -0.477. The monoisotopic (exact) mass is 292 g/mol. The number of ether oxygens (including phenoxy) is 2.